The first-order chi connectivity index (χ1) is 16.5. The molecule has 0 radical (unpaired) electrons. The van der Waals surface area contributed by atoms with Gasteiger partial charge in [-0.25, -0.2) is 21.6 Å². The lowest BCUT2D eigenvalue weighted by molar-refractivity contribution is -0.139. The fraction of sp³-hybridized carbons (Fsp3) is 0.417. The van der Waals surface area contributed by atoms with E-state index in [1.807, 2.05) is 0 Å². The number of rotatable bonds is 9. The van der Waals surface area contributed by atoms with Gasteiger partial charge in [0.2, 0.25) is 21.8 Å². The number of halogens is 3. The fourth-order valence-electron chi connectivity index (χ4n) is 4.01. The van der Waals surface area contributed by atoms with Gasteiger partial charge in [0, 0.05) is 18.7 Å². The van der Waals surface area contributed by atoms with Gasteiger partial charge < -0.3 is 10.2 Å². The molecule has 0 aromatic heterocycles. The molecule has 3 rings (SSSR count). The van der Waals surface area contributed by atoms with Crippen molar-refractivity contribution >= 4 is 27.5 Å². The predicted molar refractivity (Wildman–Crippen MR) is 125 cm³/mol. The van der Waals surface area contributed by atoms with Gasteiger partial charge >= 0.3 is 0 Å². The summed E-state index contributed by atoms with van der Waals surface area (Å²) in [4.78, 5) is 27.5. The molecular weight excluding hydrogens is 483 g/mol. The number of nitrogens with zero attached hydrogens (tertiary/aromatic N) is 2. The minimum absolute atomic E-state index is 0.00225. The third-order valence-corrected chi connectivity index (χ3v) is 7.15. The number of carbonyl (C=O) groups is 2. The molecule has 1 N–H and O–H groups in total. The van der Waals surface area contributed by atoms with Crippen molar-refractivity contribution in [1.82, 2.24) is 10.2 Å². The standard InChI is InChI=1S/C24H28F3N3O4S/c1-16(24(32)28-19-5-3-4-6-19)29(14-17-7-9-18(25)10-8-17)23(31)15-30(35(2,33)34)20-11-12-21(26)22(27)13-20/h7-13,16,19H,3-6,14-15H2,1-2H3,(H,28,32). The van der Waals surface area contributed by atoms with E-state index in [1.54, 1.807) is 0 Å². The fourth-order valence-corrected chi connectivity index (χ4v) is 4.86. The van der Waals surface area contributed by atoms with E-state index in [1.165, 1.54) is 36.1 Å². The molecule has 1 fully saturated rings. The highest BCUT2D eigenvalue weighted by Crippen LogP contribution is 2.22. The van der Waals surface area contributed by atoms with Crippen molar-refractivity contribution in [3.63, 3.8) is 0 Å². The Morgan fingerprint density at radius 2 is 1.66 bits per heavy atom. The Morgan fingerprint density at radius 1 is 1.03 bits per heavy atom. The Labute approximate surface area is 203 Å². The highest BCUT2D eigenvalue weighted by Gasteiger charge is 2.31. The zero-order chi connectivity index (χ0) is 25.8. The maximum absolute atomic E-state index is 13.8. The number of carbonyl (C=O) groups excluding carboxylic acids is 2. The summed E-state index contributed by atoms with van der Waals surface area (Å²) in [6.07, 6.45) is 4.50. The molecule has 190 valence electrons. The summed E-state index contributed by atoms with van der Waals surface area (Å²) in [6, 6.07) is 6.87. The van der Waals surface area contributed by atoms with Crippen molar-refractivity contribution in [2.24, 2.45) is 0 Å². The van der Waals surface area contributed by atoms with Crippen LogP contribution in [0.4, 0.5) is 18.9 Å². The zero-order valence-corrected chi connectivity index (χ0v) is 20.3. The molecule has 1 saturated carbocycles. The Morgan fingerprint density at radius 3 is 2.23 bits per heavy atom. The second-order valence-electron chi connectivity index (χ2n) is 8.68. The minimum atomic E-state index is -4.07. The molecule has 0 saturated heterocycles. The van der Waals surface area contributed by atoms with Crippen LogP contribution in [0.15, 0.2) is 42.5 Å². The summed E-state index contributed by atoms with van der Waals surface area (Å²) < 4.78 is 66.1. The smallest absolute Gasteiger partial charge is 0.244 e. The van der Waals surface area contributed by atoms with Crippen molar-refractivity contribution < 1.29 is 31.2 Å². The zero-order valence-electron chi connectivity index (χ0n) is 19.5. The van der Waals surface area contributed by atoms with E-state index >= 15 is 0 Å². The molecule has 2 aromatic carbocycles. The minimum Gasteiger partial charge on any atom is -0.352 e. The first kappa shape index (κ1) is 26.5. The van der Waals surface area contributed by atoms with Gasteiger partial charge in [0.15, 0.2) is 11.6 Å². The largest absolute Gasteiger partial charge is 0.352 e. The molecule has 1 atom stereocenters. The molecule has 2 amide bonds. The van der Waals surface area contributed by atoms with Crippen LogP contribution in [-0.4, -0.2) is 50.0 Å². The van der Waals surface area contributed by atoms with Crippen molar-refractivity contribution in [1.29, 1.82) is 0 Å². The number of hydrogen-bond donors (Lipinski definition) is 1. The summed E-state index contributed by atoms with van der Waals surface area (Å²) in [5.41, 5.74) is 0.295. The van der Waals surface area contributed by atoms with Crippen LogP contribution in [0, 0.1) is 17.5 Å². The maximum atomic E-state index is 13.8. The van der Waals surface area contributed by atoms with Crippen molar-refractivity contribution in [3.05, 3.63) is 65.5 Å². The van der Waals surface area contributed by atoms with E-state index in [9.17, 15) is 31.2 Å². The molecule has 0 bridgehead atoms. The summed E-state index contributed by atoms with van der Waals surface area (Å²) in [5, 5.41) is 2.92. The third-order valence-electron chi connectivity index (χ3n) is 6.01. The maximum Gasteiger partial charge on any atom is 0.244 e. The first-order valence-electron chi connectivity index (χ1n) is 11.2. The van der Waals surface area contributed by atoms with Crippen LogP contribution in [0.25, 0.3) is 0 Å². The number of benzene rings is 2. The molecule has 7 nitrogen and oxygen atoms in total. The molecule has 0 spiro atoms. The van der Waals surface area contributed by atoms with Crippen molar-refractivity contribution in [2.45, 2.75) is 51.2 Å². The average Bonchev–Trinajstić information content (AvgIpc) is 3.30. The number of anilines is 1. The number of amides is 2. The highest BCUT2D eigenvalue weighted by molar-refractivity contribution is 7.92. The molecule has 1 unspecified atom stereocenters. The van der Waals surface area contributed by atoms with Gasteiger partial charge in [-0.1, -0.05) is 25.0 Å². The molecule has 1 aliphatic carbocycles. The van der Waals surface area contributed by atoms with Gasteiger partial charge in [-0.2, -0.15) is 0 Å². The molecule has 0 heterocycles. The summed E-state index contributed by atoms with van der Waals surface area (Å²) in [5.74, 6) is -4.04. The summed E-state index contributed by atoms with van der Waals surface area (Å²) in [6.45, 7) is 0.688. The number of sulfonamides is 1. The van der Waals surface area contributed by atoms with Crippen LogP contribution in [0.1, 0.15) is 38.2 Å². The average molecular weight is 512 g/mol. The molecule has 0 aliphatic heterocycles. The van der Waals surface area contributed by atoms with Crippen LogP contribution >= 0.6 is 0 Å². The van der Waals surface area contributed by atoms with Crippen LogP contribution < -0.4 is 9.62 Å². The highest BCUT2D eigenvalue weighted by atomic mass is 32.2. The molecule has 1 aliphatic rings. The van der Waals surface area contributed by atoms with E-state index in [0.29, 0.717) is 15.9 Å². The lowest BCUT2D eigenvalue weighted by Crippen LogP contribution is -2.52. The molecule has 11 heteroatoms. The lowest BCUT2D eigenvalue weighted by Gasteiger charge is -2.32. The molecular formula is C24H28F3N3O4S. The SMILES string of the molecule is CC(C(=O)NC1CCCC1)N(Cc1ccc(F)cc1)C(=O)CN(c1ccc(F)c(F)c1)S(C)(=O)=O. The molecule has 2 aromatic rings. The Balaban J connectivity index is 1.88. The van der Waals surface area contributed by atoms with Gasteiger partial charge in [0.05, 0.1) is 11.9 Å². The lowest BCUT2D eigenvalue weighted by atomic mass is 10.1. The predicted octanol–water partition coefficient (Wildman–Crippen LogP) is 3.35. The normalized spacial score (nSPS) is 15.0. The second kappa shape index (κ2) is 11.1. The summed E-state index contributed by atoms with van der Waals surface area (Å²) in [7, 11) is -4.07. The van der Waals surface area contributed by atoms with E-state index in [2.05, 4.69) is 5.32 Å². The van der Waals surface area contributed by atoms with Crippen LogP contribution in [0.5, 0.6) is 0 Å². The Hall–Kier alpha value is -3.08. The van der Waals surface area contributed by atoms with Gasteiger partial charge in [0.25, 0.3) is 0 Å². The summed E-state index contributed by atoms with van der Waals surface area (Å²) >= 11 is 0. The van der Waals surface area contributed by atoms with Gasteiger partial charge in [-0.15, -0.1) is 0 Å². The van der Waals surface area contributed by atoms with E-state index in [-0.39, 0.29) is 18.3 Å². The van der Waals surface area contributed by atoms with E-state index in [4.69, 9.17) is 0 Å². The van der Waals surface area contributed by atoms with Crippen molar-refractivity contribution in [2.75, 3.05) is 17.1 Å². The van der Waals surface area contributed by atoms with E-state index in [0.717, 1.165) is 44.1 Å². The Bertz CT molecular complexity index is 1170. The van der Waals surface area contributed by atoms with E-state index < -0.39 is 51.9 Å². The monoisotopic (exact) mass is 511 g/mol. The van der Waals surface area contributed by atoms with Gasteiger partial charge in [-0.3, -0.25) is 13.9 Å². The second-order valence-corrected chi connectivity index (χ2v) is 10.6. The van der Waals surface area contributed by atoms with Gasteiger partial charge in [0.1, 0.15) is 18.4 Å². The van der Waals surface area contributed by atoms with Crippen molar-refractivity contribution in [3.8, 4) is 0 Å². The number of hydrogen-bond acceptors (Lipinski definition) is 4. The topological polar surface area (TPSA) is 86.8 Å². The quantitative estimate of drug-likeness (QED) is 0.560. The molecule has 35 heavy (non-hydrogen) atoms. The van der Waals surface area contributed by atoms with Gasteiger partial charge in [-0.05, 0) is 49.6 Å². The first-order valence-corrected chi connectivity index (χ1v) is 13.1. The Kier molecular flexibility index (Phi) is 8.42. The van der Waals surface area contributed by atoms with Crippen LogP contribution in [0.2, 0.25) is 0 Å². The number of nitrogens with one attached hydrogen (secondary N) is 1. The van der Waals surface area contributed by atoms with Crippen LogP contribution in [0.3, 0.4) is 0 Å². The third kappa shape index (κ3) is 6.97. The van der Waals surface area contributed by atoms with Crippen LogP contribution in [-0.2, 0) is 26.2 Å².